The second-order valence-electron chi connectivity index (χ2n) is 9.50. The summed E-state index contributed by atoms with van der Waals surface area (Å²) in [4.78, 5) is 33.1. The van der Waals surface area contributed by atoms with Crippen molar-refractivity contribution >= 4 is 16.9 Å². The van der Waals surface area contributed by atoms with E-state index in [-0.39, 0.29) is 29.6 Å². The number of amides is 1. The Kier molecular flexibility index (Phi) is 6.81. The van der Waals surface area contributed by atoms with Crippen LogP contribution in [-0.4, -0.2) is 63.3 Å². The third kappa shape index (κ3) is 4.81. The van der Waals surface area contributed by atoms with Crippen molar-refractivity contribution in [3.8, 4) is 5.75 Å². The largest absolute Gasteiger partial charge is 0.506 e. The molecule has 2 N–H and O–H groups in total. The molecule has 2 aromatic rings. The lowest BCUT2D eigenvalue weighted by Crippen LogP contribution is -2.47. The lowest BCUT2D eigenvalue weighted by atomic mass is 9.87. The molecular weight excluding hydrogens is 408 g/mol. The third-order valence-electron chi connectivity index (χ3n) is 6.71. The summed E-state index contributed by atoms with van der Waals surface area (Å²) in [5.74, 6) is -0.129. The average Bonchev–Trinajstić information content (AvgIpc) is 2.75. The number of carbonyl (C=O) groups is 1. The van der Waals surface area contributed by atoms with Gasteiger partial charge in [0.2, 0.25) is 0 Å². The maximum atomic E-state index is 13.4. The predicted octanol–water partition coefficient (Wildman–Crippen LogP) is 2.52. The number of rotatable bonds is 5. The average molecular weight is 443 g/mol. The summed E-state index contributed by atoms with van der Waals surface area (Å²) in [6.45, 7) is 8.89. The Bertz CT molecular complexity index is 1020. The van der Waals surface area contributed by atoms with Gasteiger partial charge in [0.1, 0.15) is 17.0 Å². The highest BCUT2D eigenvalue weighted by atomic mass is 16.5. The fourth-order valence-electron chi connectivity index (χ4n) is 5.05. The number of hydrogen-bond acceptors (Lipinski definition) is 6. The molecule has 1 amide bonds. The zero-order chi connectivity index (χ0) is 22.8. The zero-order valence-corrected chi connectivity index (χ0v) is 19.2. The predicted molar refractivity (Wildman–Crippen MR) is 123 cm³/mol. The summed E-state index contributed by atoms with van der Waals surface area (Å²) in [7, 11) is 0. The SMILES string of the molecule is CC1CCC(NC(=O)c2c(O)c3cccnc3n(CCN3C[C@H](C)O[C@@H](C)C3)c2=O)CC1. The minimum atomic E-state index is -0.500. The molecule has 0 spiro atoms. The summed E-state index contributed by atoms with van der Waals surface area (Å²) in [6.07, 6.45) is 5.75. The number of morpholine rings is 1. The molecule has 32 heavy (non-hydrogen) atoms. The third-order valence-corrected chi connectivity index (χ3v) is 6.71. The molecule has 0 aromatic carbocycles. The van der Waals surface area contributed by atoms with E-state index in [4.69, 9.17) is 4.74 Å². The van der Waals surface area contributed by atoms with Gasteiger partial charge < -0.3 is 15.2 Å². The van der Waals surface area contributed by atoms with Crippen LogP contribution in [0.5, 0.6) is 5.75 Å². The molecule has 2 atom stereocenters. The maximum absolute atomic E-state index is 13.4. The molecule has 8 nitrogen and oxygen atoms in total. The van der Waals surface area contributed by atoms with E-state index < -0.39 is 11.5 Å². The van der Waals surface area contributed by atoms with Crippen molar-refractivity contribution in [2.24, 2.45) is 5.92 Å². The monoisotopic (exact) mass is 442 g/mol. The number of fused-ring (bicyclic) bond motifs is 1. The number of nitrogens with one attached hydrogen (secondary N) is 1. The minimum absolute atomic E-state index is 0.0341. The quantitative estimate of drug-likeness (QED) is 0.739. The first-order valence-electron chi connectivity index (χ1n) is 11.7. The standard InChI is InChI=1S/C24H34N4O4/c1-15-6-8-18(9-7-15)26-23(30)20-21(29)19-5-4-10-25-22(19)28(24(20)31)12-11-27-13-16(2)32-17(3)14-27/h4-5,10,15-18,29H,6-9,11-14H2,1-3H3,(H,26,30)/t15?,16-,17-,18?/m0/s1. The lowest BCUT2D eigenvalue weighted by Gasteiger charge is -2.35. The van der Waals surface area contributed by atoms with E-state index in [9.17, 15) is 14.7 Å². The van der Waals surface area contributed by atoms with Gasteiger partial charge >= 0.3 is 0 Å². The van der Waals surface area contributed by atoms with Crippen molar-refractivity contribution in [3.05, 3.63) is 34.2 Å². The van der Waals surface area contributed by atoms with Crippen molar-refractivity contribution in [3.63, 3.8) is 0 Å². The highest BCUT2D eigenvalue weighted by Crippen LogP contribution is 2.27. The smallest absolute Gasteiger partial charge is 0.268 e. The van der Waals surface area contributed by atoms with Gasteiger partial charge in [-0.05, 0) is 57.6 Å². The van der Waals surface area contributed by atoms with Crippen LogP contribution in [0.4, 0.5) is 0 Å². The summed E-state index contributed by atoms with van der Waals surface area (Å²) >= 11 is 0. The normalized spacial score (nSPS) is 26.8. The molecule has 2 aromatic heterocycles. The molecule has 1 saturated carbocycles. The Labute approximate surface area is 188 Å². The van der Waals surface area contributed by atoms with Crippen molar-refractivity contribution in [1.82, 2.24) is 19.8 Å². The van der Waals surface area contributed by atoms with Crippen LogP contribution in [0.2, 0.25) is 0 Å². The Balaban J connectivity index is 1.62. The van der Waals surface area contributed by atoms with Crippen molar-refractivity contribution in [1.29, 1.82) is 0 Å². The van der Waals surface area contributed by atoms with Gasteiger partial charge in [-0.3, -0.25) is 19.1 Å². The Morgan fingerprint density at radius 3 is 2.53 bits per heavy atom. The van der Waals surface area contributed by atoms with E-state index in [1.807, 2.05) is 13.8 Å². The fourth-order valence-corrected chi connectivity index (χ4v) is 5.05. The van der Waals surface area contributed by atoms with Crippen LogP contribution in [0.1, 0.15) is 56.8 Å². The molecule has 1 aliphatic heterocycles. The van der Waals surface area contributed by atoms with Gasteiger partial charge in [0, 0.05) is 38.4 Å². The van der Waals surface area contributed by atoms with Gasteiger partial charge in [0.15, 0.2) is 0 Å². The number of aromatic nitrogens is 2. The lowest BCUT2D eigenvalue weighted by molar-refractivity contribution is -0.0685. The molecule has 0 radical (unpaired) electrons. The summed E-state index contributed by atoms with van der Waals surface area (Å²) in [5.41, 5.74) is -0.287. The first-order valence-corrected chi connectivity index (χ1v) is 11.7. The summed E-state index contributed by atoms with van der Waals surface area (Å²) < 4.78 is 7.32. The van der Waals surface area contributed by atoms with Crippen LogP contribution >= 0.6 is 0 Å². The summed E-state index contributed by atoms with van der Waals surface area (Å²) in [6, 6.07) is 3.43. The first kappa shape index (κ1) is 22.7. The van der Waals surface area contributed by atoms with Gasteiger partial charge in [-0.2, -0.15) is 0 Å². The van der Waals surface area contributed by atoms with Crippen molar-refractivity contribution < 1.29 is 14.6 Å². The van der Waals surface area contributed by atoms with Crippen LogP contribution in [0.25, 0.3) is 11.0 Å². The molecule has 174 valence electrons. The summed E-state index contributed by atoms with van der Waals surface area (Å²) in [5, 5.41) is 14.2. The number of aromatic hydroxyl groups is 1. The van der Waals surface area contributed by atoms with E-state index in [0.717, 1.165) is 38.8 Å². The molecule has 2 fully saturated rings. The molecule has 2 aliphatic rings. The van der Waals surface area contributed by atoms with Gasteiger partial charge in [0.05, 0.1) is 17.6 Å². The highest BCUT2D eigenvalue weighted by molar-refractivity contribution is 6.01. The maximum Gasteiger partial charge on any atom is 0.268 e. The Morgan fingerprint density at radius 2 is 1.84 bits per heavy atom. The van der Waals surface area contributed by atoms with E-state index in [1.54, 1.807) is 18.3 Å². The van der Waals surface area contributed by atoms with Crippen LogP contribution in [-0.2, 0) is 11.3 Å². The molecule has 0 unspecified atom stereocenters. The van der Waals surface area contributed by atoms with E-state index >= 15 is 0 Å². The molecule has 8 heteroatoms. The van der Waals surface area contributed by atoms with E-state index in [0.29, 0.717) is 30.0 Å². The number of hydrogen-bond donors (Lipinski definition) is 2. The number of carbonyl (C=O) groups excluding carboxylic acids is 1. The zero-order valence-electron chi connectivity index (χ0n) is 19.2. The van der Waals surface area contributed by atoms with Gasteiger partial charge in [-0.25, -0.2) is 4.98 Å². The second kappa shape index (κ2) is 9.58. The van der Waals surface area contributed by atoms with Crippen molar-refractivity contribution in [2.45, 2.75) is 71.2 Å². The number of nitrogens with zero attached hydrogens (tertiary/aromatic N) is 3. The first-order chi connectivity index (χ1) is 15.3. The van der Waals surface area contributed by atoms with Crippen LogP contribution in [0.3, 0.4) is 0 Å². The van der Waals surface area contributed by atoms with Gasteiger partial charge in [0.25, 0.3) is 11.5 Å². The second-order valence-corrected chi connectivity index (χ2v) is 9.50. The Hall–Kier alpha value is -2.45. The van der Waals surface area contributed by atoms with E-state index in [2.05, 4.69) is 22.1 Å². The van der Waals surface area contributed by atoms with Crippen LogP contribution < -0.4 is 10.9 Å². The van der Waals surface area contributed by atoms with Gasteiger partial charge in [-0.1, -0.05) is 6.92 Å². The molecule has 0 bridgehead atoms. The van der Waals surface area contributed by atoms with E-state index in [1.165, 1.54) is 4.57 Å². The van der Waals surface area contributed by atoms with Crippen LogP contribution in [0.15, 0.2) is 23.1 Å². The van der Waals surface area contributed by atoms with Crippen LogP contribution in [0, 0.1) is 5.92 Å². The fraction of sp³-hybridized carbons (Fsp3) is 0.625. The minimum Gasteiger partial charge on any atom is -0.506 e. The molecule has 4 rings (SSSR count). The molecular formula is C24H34N4O4. The molecule has 3 heterocycles. The highest BCUT2D eigenvalue weighted by Gasteiger charge is 2.27. The Morgan fingerprint density at radius 1 is 1.16 bits per heavy atom. The number of pyridine rings is 2. The number of ether oxygens (including phenoxy) is 1. The topological polar surface area (TPSA) is 96.7 Å². The van der Waals surface area contributed by atoms with Crippen molar-refractivity contribution in [2.75, 3.05) is 19.6 Å². The van der Waals surface area contributed by atoms with Gasteiger partial charge in [-0.15, -0.1) is 0 Å². The molecule has 1 aliphatic carbocycles. The molecule has 1 saturated heterocycles.